The van der Waals surface area contributed by atoms with E-state index in [9.17, 15) is 4.79 Å². The normalized spacial score (nSPS) is 18.0. The van der Waals surface area contributed by atoms with Crippen LogP contribution in [0.4, 0.5) is 0 Å². The van der Waals surface area contributed by atoms with E-state index in [2.05, 4.69) is 4.90 Å². The minimum Gasteiger partial charge on any atom is -0.379 e. The number of morpholine rings is 1. The maximum atomic E-state index is 10.4. The molecule has 0 saturated carbocycles. The van der Waals surface area contributed by atoms with Gasteiger partial charge in [-0.25, -0.2) is 0 Å². The van der Waals surface area contributed by atoms with Gasteiger partial charge in [0.25, 0.3) is 0 Å². The first kappa shape index (κ1) is 13.5. The van der Waals surface area contributed by atoms with E-state index in [-0.39, 0.29) is 5.91 Å². The molecule has 1 heterocycles. The van der Waals surface area contributed by atoms with Crippen LogP contribution >= 0.6 is 11.8 Å². The third-order valence-corrected chi connectivity index (χ3v) is 3.37. The second-order valence-electron chi connectivity index (χ2n) is 3.69. The largest absolute Gasteiger partial charge is 0.379 e. The van der Waals surface area contributed by atoms with Crippen LogP contribution in [0.2, 0.25) is 0 Å². The van der Waals surface area contributed by atoms with Crippen LogP contribution in [0.5, 0.6) is 0 Å². The number of primary amides is 1. The summed E-state index contributed by atoms with van der Waals surface area (Å²) in [6.07, 6.45) is 4.44. The molecule has 0 aromatic carbocycles. The van der Waals surface area contributed by atoms with Gasteiger partial charge in [0.2, 0.25) is 5.91 Å². The lowest BCUT2D eigenvalue weighted by Crippen LogP contribution is -2.36. The molecule has 0 atom stereocenters. The number of ether oxygens (including phenoxy) is 1. The molecule has 1 amide bonds. The van der Waals surface area contributed by atoms with Crippen molar-refractivity contribution in [2.24, 2.45) is 5.73 Å². The number of carbonyl (C=O) groups is 1. The lowest BCUT2D eigenvalue weighted by molar-refractivity contribution is -0.113. The predicted molar refractivity (Wildman–Crippen MR) is 67.5 cm³/mol. The van der Waals surface area contributed by atoms with Crippen LogP contribution in [0.3, 0.4) is 0 Å². The third kappa shape index (κ3) is 6.87. The molecular formula is C11H20N2O2S. The molecule has 16 heavy (non-hydrogen) atoms. The van der Waals surface area contributed by atoms with E-state index in [0.29, 0.717) is 0 Å². The van der Waals surface area contributed by atoms with E-state index < -0.39 is 0 Å². The molecule has 92 valence electrons. The van der Waals surface area contributed by atoms with Crippen LogP contribution in [0.1, 0.15) is 6.42 Å². The van der Waals surface area contributed by atoms with E-state index in [1.165, 1.54) is 12.5 Å². The van der Waals surface area contributed by atoms with Crippen molar-refractivity contribution in [1.82, 2.24) is 4.90 Å². The number of carbonyl (C=O) groups excluding carboxylic acids is 1. The smallest absolute Gasteiger partial charge is 0.241 e. The van der Waals surface area contributed by atoms with Crippen molar-refractivity contribution in [3.05, 3.63) is 12.2 Å². The van der Waals surface area contributed by atoms with E-state index in [1.807, 2.05) is 17.8 Å². The van der Waals surface area contributed by atoms with Crippen molar-refractivity contribution in [2.45, 2.75) is 6.42 Å². The van der Waals surface area contributed by atoms with Crippen LogP contribution in [-0.2, 0) is 9.53 Å². The Labute approximate surface area is 101 Å². The number of hydrogen-bond acceptors (Lipinski definition) is 4. The highest BCUT2D eigenvalue weighted by atomic mass is 32.2. The van der Waals surface area contributed by atoms with Crippen LogP contribution in [0.15, 0.2) is 12.2 Å². The van der Waals surface area contributed by atoms with Crippen molar-refractivity contribution in [3.63, 3.8) is 0 Å². The van der Waals surface area contributed by atoms with Crippen molar-refractivity contribution >= 4 is 17.7 Å². The number of nitrogens with two attached hydrogens (primary N) is 1. The third-order valence-electron chi connectivity index (χ3n) is 2.36. The molecule has 0 unspecified atom stereocenters. The van der Waals surface area contributed by atoms with Gasteiger partial charge in [-0.05, 0) is 24.8 Å². The first-order chi connectivity index (χ1) is 7.79. The number of hydrogen-bond donors (Lipinski definition) is 1. The molecule has 4 nitrogen and oxygen atoms in total. The quantitative estimate of drug-likeness (QED) is 0.523. The zero-order chi connectivity index (χ0) is 11.6. The molecule has 5 heteroatoms. The fourth-order valence-corrected chi connectivity index (χ4v) is 2.26. The van der Waals surface area contributed by atoms with Gasteiger partial charge in [-0.3, -0.25) is 9.69 Å². The van der Waals surface area contributed by atoms with Crippen molar-refractivity contribution in [1.29, 1.82) is 0 Å². The van der Waals surface area contributed by atoms with Crippen molar-refractivity contribution in [2.75, 3.05) is 44.4 Å². The summed E-state index contributed by atoms with van der Waals surface area (Å²) in [6, 6.07) is 0. The number of thioether (sulfide) groups is 1. The summed E-state index contributed by atoms with van der Waals surface area (Å²) in [5.74, 6) is 1.63. The summed E-state index contributed by atoms with van der Waals surface area (Å²) in [7, 11) is 0. The zero-order valence-electron chi connectivity index (χ0n) is 9.56. The Morgan fingerprint density at radius 3 is 2.88 bits per heavy atom. The summed E-state index contributed by atoms with van der Waals surface area (Å²) < 4.78 is 5.28. The highest BCUT2D eigenvalue weighted by molar-refractivity contribution is 7.99. The van der Waals surface area contributed by atoms with Gasteiger partial charge in [-0.1, -0.05) is 6.08 Å². The van der Waals surface area contributed by atoms with Crippen molar-refractivity contribution in [3.8, 4) is 0 Å². The van der Waals surface area contributed by atoms with Gasteiger partial charge in [0, 0.05) is 18.8 Å². The molecule has 2 N–H and O–H groups in total. The number of rotatable bonds is 7. The number of nitrogens with zero attached hydrogens (tertiary/aromatic N) is 1. The summed E-state index contributed by atoms with van der Waals surface area (Å²) in [6.45, 7) is 5.01. The first-order valence-corrected chi connectivity index (χ1v) is 6.78. The molecule has 0 aliphatic carbocycles. The topological polar surface area (TPSA) is 55.6 Å². The highest BCUT2D eigenvalue weighted by Gasteiger charge is 2.08. The molecule has 0 bridgehead atoms. The summed E-state index contributed by atoms with van der Waals surface area (Å²) in [4.78, 5) is 12.8. The molecule has 0 aromatic heterocycles. The van der Waals surface area contributed by atoms with Crippen LogP contribution in [0, 0.1) is 0 Å². The van der Waals surface area contributed by atoms with Crippen molar-refractivity contribution < 1.29 is 9.53 Å². The van der Waals surface area contributed by atoms with E-state index in [0.717, 1.165) is 44.4 Å². The molecular weight excluding hydrogens is 224 g/mol. The van der Waals surface area contributed by atoms with Gasteiger partial charge in [0.1, 0.15) is 0 Å². The van der Waals surface area contributed by atoms with Crippen LogP contribution in [-0.4, -0.2) is 55.2 Å². The lowest BCUT2D eigenvalue weighted by atomic mass is 10.4. The van der Waals surface area contributed by atoms with E-state index >= 15 is 0 Å². The van der Waals surface area contributed by atoms with Gasteiger partial charge in [-0.2, -0.15) is 11.8 Å². The predicted octanol–water partition coefficient (Wildman–Crippen LogP) is 0.483. The Morgan fingerprint density at radius 1 is 1.44 bits per heavy atom. The lowest BCUT2D eigenvalue weighted by Gasteiger charge is -2.26. The Kier molecular flexibility index (Phi) is 7.29. The van der Waals surface area contributed by atoms with Gasteiger partial charge < -0.3 is 10.5 Å². The van der Waals surface area contributed by atoms with E-state index in [4.69, 9.17) is 10.5 Å². The monoisotopic (exact) mass is 244 g/mol. The van der Waals surface area contributed by atoms with Gasteiger partial charge in [-0.15, -0.1) is 0 Å². The summed E-state index contributed by atoms with van der Waals surface area (Å²) >= 11 is 1.83. The summed E-state index contributed by atoms with van der Waals surface area (Å²) in [5.41, 5.74) is 4.98. The molecule has 0 radical (unpaired) electrons. The first-order valence-electron chi connectivity index (χ1n) is 5.63. The van der Waals surface area contributed by atoms with Crippen LogP contribution in [0.25, 0.3) is 0 Å². The average Bonchev–Trinajstić information content (AvgIpc) is 2.29. The maximum Gasteiger partial charge on any atom is 0.241 e. The highest BCUT2D eigenvalue weighted by Crippen LogP contribution is 2.05. The van der Waals surface area contributed by atoms with Gasteiger partial charge in [0.05, 0.1) is 13.2 Å². The van der Waals surface area contributed by atoms with Crippen LogP contribution < -0.4 is 5.73 Å². The minimum atomic E-state index is -0.367. The second-order valence-corrected chi connectivity index (χ2v) is 4.84. The minimum absolute atomic E-state index is 0.367. The fourth-order valence-electron chi connectivity index (χ4n) is 1.53. The number of amides is 1. The fraction of sp³-hybridized carbons (Fsp3) is 0.727. The Balaban J connectivity index is 1.89. The van der Waals surface area contributed by atoms with Gasteiger partial charge >= 0.3 is 0 Å². The standard InChI is InChI=1S/C11H20N2O2S/c12-11(14)3-1-9-16-10-2-4-13-5-7-15-8-6-13/h1,3H,2,4-10H2,(H2,12,14). The Hall–Kier alpha value is -0.520. The summed E-state index contributed by atoms with van der Waals surface area (Å²) in [5, 5.41) is 0. The molecule has 1 rings (SSSR count). The Bertz CT molecular complexity index is 228. The SMILES string of the molecule is NC(=O)C=CCSCCCN1CCOCC1. The molecule has 1 fully saturated rings. The molecule has 1 saturated heterocycles. The molecule has 1 aliphatic rings. The zero-order valence-corrected chi connectivity index (χ0v) is 10.4. The molecule has 1 aliphatic heterocycles. The molecule has 0 aromatic rings. The Morgan fingerprint density at radius 2 is 2.19 bits per heavy atom. The van der Waals surface area contributed by atoms with E-state index in [1.54, 1.807) is 0 Å². The van der Waals surface area contributed by atoms with Gasteiger partial charge in [0.15, 0.2) is 0 Å². The average molecular weight is 244 g/mol. The maximum absolute atomic E-state index is 10.4. The second kappa shape index (κ2) is 8.61. The molecule has 0 spiro atoms.